The first-order chi connectivity index (χ1) is 11.5. The zero-order valence-electron chi connectivity index (χ0n) is 16.0. The molecule has 1 aliphatic rings. The summed E-state index contributed by atoms with van der Waals surface area (Å²) in [6.45, 7) is 11.1. The van der Waals surface area contributed by atoms with E-state index in [1.807, 2.05) is 0 Å². The fourth-order valence-corrected chi connectivity index (χ4v) is 3.88. The molecule has 0 radical (unpaired) electrons. The summed E-state index contributed by atoms with van der Waals surface area (Å²) in [7, 11) is 4.32. The van der Waals surface area contributed by atoms with Crippen LogP contribution in [0.2, 0.25) is 0 Å². The van der Waals surface area contributed by atoms with Gasteiger partial charge in [-0.1, -0.05) is 49.4 Å². The van der Waals surface area contributed by atoms with Gasteiger partial charge in [-0.25, -0.2) is 0 Å². The first kappa shape index (κ1) is 18.8. The van der Waals surface area contributed by atoms with Gasteiger partial charge in [-0.05, 0) is 64.3 Å². The molecule has 2 unspecified atom stereocenters. The molecule has 132 valence electrons. The average Bonchev–Trinajstić information content (AvgIpc) is 2.66. The molecule has 0 N–H and O–H groups in total. The normalized spacial score (nSPS) is 19.6. The van der Waals surface area contributed by atoms with Gasteiger partial charge in [-0.3, -0.25) is 0 Å². The highest BCUT2D eigenvalue weighted by molar-refractivity contribution is 5.57. The molecular weight excluding hydrogens is 292 g/mol. The maximum atomic E-state index is 4.46. The van der Waals surface area contributed by atoms with E-state index in [0.29, 0.717) is 12.0 Å². The molecule has 2 nitrogen and oxygen atoms in total. The van der Waals surface area contributed by atoms with Crippen LogP contribution in [0.5, 0.6) is 0 Å². The fraction of sp³-hybridized carbons (Fsp3) is 0.545. The van der Waals surface area contributed by atoms with Crippen LogP contribution in [0.3, 0.4) is 0 Å². The topological polar surface area (TPSA) is 6.48 Å². The van der Waals surface area contributed by atoms with E-state index in [-0.39, 0.29) is 0 Å². The monoisotopic (exact) mass is 326 g/mol. The van der Waals surface area contributed by atoms with Crippen molar-refractivity contribution in [3.05, 3.63) is 54.1 Å². The Kier molecular flexibility index (Phi) is 7.11. The van der Waals surface area contributed by atoms with E-state index in [4.69, 9.17) is 0 Å². The SMILES string of the molecule is C=C1CCc2ccccc2N(CC(C)CN(C)C)C1CC/C=C\C. The third-order valence-corrected chi connectivity index (χ3v) is 4.89. The number of rotatable bonds is 7. The molecule has 2 atom stereocenters. The molecule has 2 heteroatoms. The Morgan fingerprint density at radius 3 is 2.75 bits per heavy atom. The third kappa shape index (κ3) is 4.98. The molecule has 0 fully saturated rings. The molecule has 24 heavy (non-hydrogen) atoms. The molecule has 0 saturated carbocycles. The molecule has 0 saturated heterocycles. The van der Waals surface area contributed by atoms with Crippen molar-refractivity contribution >= 4 is 5.69 Å². The van der Waals surface area contributed by atoms with Crippen molar-refractivity contribution in [1.82, 2.24) is 4.90 Å². The van der Waals surface area contributed by atoms with Gasteiger partial charge < -0.3 is 9.80 Å². The van der Waals surface area contributed by atoms with Crippen molar-refractivity contribution in [2.45, 2.75) is 45.6 Å². The van der Waals surface area contributed by atoms with Crippen molar-refractivity contribution in [2.75, 3.05) is 32.1 Å². The highest BCUT2D eigenvalue weighted by Gasteiger charge is 2.27. The van der Waals surface area contributed by atoms with E-state index in [2.05, 4.69) is 80.7 Å². The van der Waals surface area contributed by atoms with Gasteiger partial charge in [0, 0.05) is 18.8 Å². The van der Waals surface area contributed by atoms with Gasteiger partial charge in [0.15, 0.2) is 0 Å². The van der Waals surface area contributed by atoms with Crippen LogP contribution in [0.1, 0.15) is 38.7 Å². The molecule has 0 aliphatic carbocycles. The number of anilines is 1. The van der Waals surface area contributed by atoms with Gasteiger partial charge in [-0.15, -0.1) is 0 Å². The van der Waals surface area contributed by atoms with Crippen LogP contribution in [0.25, 0.3) is 0 Å². The average molecular weight is 327 g/mol. The van der Waals surface area contributed by atoms with Crippen molar-refractivity contribution in [3.8, 4) is 0 Å². The van der Waals surface area contributed by atoms with Crippen LogP contribution in [0.4, 0.5) is 5.69 Å². The number of fused-ring (bicyclic) bond motifs is 1. The number of aryl methyl sites for hydroxylation is 1. The van der Waals surface area contributed by atoms with Crippen LogP contribution in [-0.4, -0.2) is 38.1 Å². The van der Waals surface area contributed by atoms with E-state index >= 15 is 0 Å². The third-order valence-electron chi connectivity index (χ3n) is 4.89. The molecule has 0 bridgehead atoms. The Morgan fingerprint density at radius 1 is 1.29 bits per heavy atom. The zero-order valence-corrected chi connectivity index (χ0v) is 16.0. The van der Waals surface area contributed by atoms with Crippen LogP contribution >= 0.6 is 0 Å². The summed E-state index contributed by atoms with van der Waals surface area (Å²) in [6.07, 6.45) is 8.95. The number of benzene rings is 1. The number of hydrogen-bond acceptors (Lipinski definition) is 2. The minimum atomic E-state index is 0.453. The standard InChI is InChI=1S/C22H34N2/c1-6-7-8-12-21-19(3)14-15-20-11-9-10-13-22(20)24(21)17-18(2)16-23(4)5/h6-7,9-11,13,18,21H,3,8,12,14-17H2,1-2,4-5H3/b7-6-. The molecule has 1 aromatic carbocycles. The van der Waals surface area contributed by atoms with E-state index in [1.54, 1.807) is 0 Å². The lowest BCUT2D eigenvalue weighted by Crippen LogP contribution is -2.41. The van der Waals surface area contributed by atoms with E-state index in [1.165, 1.54) is 16.8 Å². The Balaban J connectivity index is 2.28. The summed E-state index contributed by atoms with van der Waals surface area (Å²) in [6, 6.07) is 9.40. The molecule has 1 heterocycles. The smallest absolute Gasteiger partial charge is 0.0503 e. The highest BCUT2D eigenvalue weighted by atomic mass is 15.2. The summed E-state index contributed by atoms with van der Waals surface area (Å²) in [5.74, 6) is 0.628. The van der Waals surface area contributed by atoms with E-state index < -0.39 is 0 Å². The fourth-order valence-electron chi connectivity index (χ4n) is 3.88. The molecule has 0 amide bonds. The molecular formula is C22H34N2. The molecule has 0 aromatic heterocycles. The number of allylic oxidation sites excluding steroid dienone is 2. The molecule has 1 aliphatic heterocycles. The first-order valence-corrected chi connectivity index (χ1v) is 9.31. The van der Waals surface area contributed by atoms with Crippen LogP contribution in [0.15, 0.2) is 48.6 Å². The largest absolute Gasteiger partial charge is 0.364 e. The Morgan fingerprint density at radius 2 is 2.04 bits per heavy atom. The molecule has 0 spiro atoms. The molecule has 2 rings (SSSR count). The predicted molar refractivity (Wildman–Crippen MR) is 107 cm³/mol. The molecule has 1 aromatic rings. The zero-order chi connectivity index (χ0) is 17.5. The summed E-state index contributed by atoms with van der Waals surface area (Å²) in [5, 5.41) is 0. The van der Waals surface area contributed by atoms with Gasteiger partial charge in [-0.2, -0.15) is 0 Å². The summed E-state index contributed by atoms with van der Waals surface area (Å²) in [5.41, 5.74) is 4.30. The van der Waals surface area contributed by atoms with Gasteiger partial charge in [0.25, 0.3) is 0 Å². The second kappa shape index (κ2) is 9.08. The van der Waals surface area contributed by atoms with Gasteiger partial charge in [0.1, 0.15) is 0 Å². The quantitative estimate of drug-likeness (QED) is 0.656. The van der Waals surface area contributed by atoms with Crippen molar-refractivity contribution in [2.24, 2.45) is 5.92 Å². The highest BCUT2D eigenvalue weighted by Crippen LogP contribution is 2.34. The maximum absolute atomic E-state index is 4.46. The van der Waals surface area contributed by atoms with Crippen molar-refractivity contribution in [3.63, 3.8) is 0 Å². The minimum Gasteiger partial charge on any atom is -0.364 e. The number of nitrogens with zero attached hydrogens (tertiary/aromatic N) is 2. The lowest BCUT2D eigenvalue weighted by atomic mass is 9.97. The van der Waals surface area contributed by atoms with Gasteiger partial charge >= 0.3 is 0 Å². The summed E-state index contributed by atoms with van der Waals surface area (Å²) in [4.78, 5) is 4.93. The van der Waals surface area contributed by atoms with Crippen LogP contribution < -0.4 is 4.90 Å². The van der Waals surface area contributed by atoms with Crippen molar-refractivity contribution < 1.29 is 0 Å². The lowest BCUT2D eigenvalue weighted by molar-refractivity contribution is 0.335. The summed E-state index contributed by atoms with van der Waals surface area (Å²) < 4.78 is 0. The van der Waals surface area contributed by atoms with Gasteiger partial charge in [0.05, 0.1) is 6.04 Å². The number of para-hydroxylation sites is 1. The Hall–Kier alpha value is -1.54. The summed E-state index contributed by atoms with van der Waals surface area (Å²) >= 11 is 0. The van der Waals surface area contributed by atoms with Crippen LogP contribution in [-0.2, 0) is 6.42 Å². The van der Waals surface area contributed by atoms with Crippen LogP contribution in [0, 0.1) is 5.92 Å². The minimum absolute atomic E-state index is 0.453. The van der Waals surface area contributed by atoms with Gasteiger partial charge in [0.2, 0.25) is 0 Å². The van der Waals surface area contributed by atoms with Crippen molar-refractivity contribution in [1.29, 1.82) is 0 Å². The lowest BCUT2D eigenvalue weighted by Gasteiger charge is -2.36. The predicted octanol–water partition coefficient (Wildman–Crippen LogP) is 4.92. The number of hydrogen-bond donors (Lipinski definition) is 0. The Bertz CT molecular complexity index is 559. The first-order valence-electron chi connectivity index (χ1n) is 9.31. The second-order valence-electron chi connectivity index (χ2n) is 7.47. The Labute approximate surface area is 148 Å². The van der Waals surface area contributed by atoms with E-state index in [9.17, 15) is 0 Å². The van der Waals surface area contributed by atoms with E-state index in [0.717, 1.165) is 38.8 Å². The second-order valence-corrected chi connectivity index (χ2v) is 7.47. The maximum Gasteiger partial charge on any atom is 0.0503 e.